The average molecular weight is 209 g/mol. The Balaban J connectivity index is 2.54. The van der Waals surface area contributed by atoms with Gasteiger partial charge in [-0.1, -0.05) is 25.1 Å². The monoisotopic (exact) mass is 209 g/mol. The maximum absolute atomic E-state index is 9.62. The van der Waals surface area contributed by atoms with Crippen LogP contribution in [0.25, 0.3) is 0 Å². The molecule has 0 aromatic heterocycles. The lowest BCUT2D eigenvalue weighted by molar-refractivity contribution is 0.147. The standard InChI is InChI=1S/C12H19NO2/c1-3-13(8-9-15-2)10-11-6-4-5-7-12(11)14/h4-7,14H,3,8-10H2,1-2H3. The van der Waals surface area contributed by atoms with Gasteiger partial charge in [-0.3, -0.25) is 4.90 Å². The topological polar surface area (TPSA) is 32.7 Å². The second kappa shape index (κ2) is 6.43. The van der Waals surface area contributed by atoms with Crippen molar-refractivity contribution in [1.29, 1.82) is 0 Å². The molecule has 3 nitrogen and oxygen atoms in total. The maximum atomic E-state index is 9.62. The van der Waals surface area contributed by atoms with Crippen LogP contribution in [0.5, 0.6) is 5.75 Å². The van der Waals surface area contributed by atoms with Crippen LogP contribution in [0.4, 0.5) is 0 Å². The van der Waals surface area contributed by atoms with E-state index in [9.17, 15) is 5.11 Å². The van der Waals surface area contributed by atoms with Gasteiger partial charge in [-0.25, -0.2) is 0 Å². The maximum Gasteiger partial charge on any atom is 0.120 e. The van der Waals surface area contributed by atoms with Gasteiger partial charge in [0.25, 0.3) is 0 Å². The van der Waals surface area contributed by atoms with Crippen LogP contribution in [0.2, 0.25) is 0 Å². The minimum Gasteiger partial charge on any atom is -0.508 e. The highest BCUT2D eigenvalue weighted by Crippen LogP contribution is 2.17. The molecular weight excluding hydrogens is 190 g/mol. The fraction of sp³-hybridized carbons (Fsp3) is 0.500. The van der Waals surface area contributed by atoms with Crippen molar-refractivity contribution in [1.82, 2.24) is 4.90 Å². The predicted molar refractivity (Wildman–Crippen MR) is 60.9 cm³/mol. The molecule has 0 radical (unpaired) electrons. The van der Waals surface area contributed by atoms with E-state index in [0.29, 0.717) is 5.75 Å². The minimum absolute atomic E-state index is 0.369. The van der Waals surface area contributed by atoms with Gasteiger partial charge < -0.3 is 9.84 Å². The Morgan fingerprint density at radius 2 is 2.07 bits per heavy atom. The van der Waals surface area contributed by atoms with Crippen LogP contribution in [0.3, 0.4) is 0 Å². The SMILES string of the molecule is CCN(CCOC)Cc1ccccc1O. The summed E-state index contributed by atoms with van der Waals surface area (Å²) in [5.74, 6) is 0.369. The molecule has 84 valence electrons. The zero-order valence-electron chi connectivity index (χ0n) is 9.44. The zero-order valence-corrected chi connectivity index (χ0v) is 9.44. The first-order valence-electron chi connectivity index (χ1n) is 5.26. The molecule has 1 N–H and O–H groups in total. The molecule has 1 rings (SSSR count). The van der Waals surface area contributed by atoms with E-state index >= 15 is 0 Å². The summed E-state index contributed by atoms with van der Waals surface area (Å²) in [5, 5.41) is 9.62. The van der Waals surface area contributed by atoms with Crippen LogP contribution in [0, 0.1) is 0 Å². The fourth-order valence-electron chi connectivity index (χ4n) is 1.45. The highest BCUT2D eigenvalue weighted by Gasteiger charge is 2.06. The number of hydrogen-bond acceptors (Lipinski definition) is 3. The van der Waals surface area contributed by atoms with E-state index in [1.54, 1.807) is 13.2 Å². The van der Waals surface area contributed by atoms with Gasteiger partial charge in [-0.05, 0) is 12.6 Å². The van der Waals surface area contributed by atoms with Crippen LogP contribution < -0.4 is 0 Å². The van der Waals surface area contributed by atoms with E-state index in [1.165, 1.54) is 0 Å². The van der Waals surface area contributed by atoms with Crippen LogP contribution in [0.15, 0.2) is 24.3 Å². The molecule has 0 saturated heterocycles. The van der Waals surface area contributed by atoms with Gasteiger partial charge in [0.2, 0.25) is 0 Å². The van der Waals surface area contributed by atoms with Gasteiger partial charge in [0.15, 0.2) is 0 Å². The summed E-state index contributed by atoms with van der Waals surface area (Å²) in [6.07, 6.45) is 0. The van der Waals surface area contributed by atoms with Gasteiger partial charge in [0.1, 0.15) is 5.75 Å². The van der Waals surface area contributed by atoms with Crippen LogP contribution >= 0.6 is 0 Å². The highest BCUT2D eigenvalue weighted by atomic mass is 16.5. The van der Waals surface area contributed by atoms with Crippen molar-refractivity contribution >= 4 is 0 Å². The van der Waals surface area contributed by atoms with Crippen LogP contribution in [-0.4, -0.2) is 36.8 Å². The Labute approximate surface area is 91.3 Å². The smallest absolute Gasteiger partial charge is 0.120 e. The highest BCUT2D eigenvalue weighted by molar-refractivity contribution is 5.31. The first-order valence-corrected chi connectivity index (χ1v) is 5.26. The summed E-state index contributed by atoms with van der Waals surface area (Å²) in [6.45, 7) is 5.45. The molecule has 0 amide bonds. The van der Waals surface area contributed by atoms with Gasteiger partial charge >= 0.3 is 0 Å². The van der Waals surface area contributed by atoms with E-state index in [0.717, 1.165) is 31.8 Å². The Bertz CT molecular complexity index is 289. The van der Waals surface area contributed by atoms with Crippen molar-refractivity contribution in [3.8, 4) is 5.75 Å². The molecule has 0 aliphatic rings. The van der Waals surface area contributed by atoms with Crippen molar-refractivity contribution in [3.05, 3.63) is 29.8 Å². The molecule has 0 aliphatic heterocycles. The van der Waals surface area contributed by atoms with Gasteiger partial charge in [-0.15, -0.1) is 0 Å². The second-order valence-electron chi connectivity index (χ2n) is 3.49. The molecule has 0 fully saturated rings. The Morgan fingerprint density at radius 3 is 2.67 bits per heavy atom. The molecule has 0 bridgehead atoms. The van der Waals surface area contributed by atoms with E-state index in [1.807, 2.05) is 18.2 Å². The number of phenolic OH excluding ortho intramolecular Hbond substituents is 1. The third-order valence-corrected chi connectivity index (χ3v) is 2.44. The second-order valence-corrected chi connectivity index (χ2v) is 3.49. The first-order chi connectivity index (χ1) is 7.27. The van der Waals surface area contributed by atoms with Gasteiger partial charge in [0.05, 0.1) is 6.61 Å². The van der Waals surface area contributed by atoms with E-state index < -0.39 is 0 Å². The Kier molecular flexibility index (Phi) is 5.15. The lowest BCUT2D eigenvalue weighted by Gasteiger charge is -2.20. The molecule has 1 aromatic carbocycles. The predicted octanol–water partition coefficient (Wildman–Crippen LogP) is 1.86. The molecule has 0 heterocycles. The summed E-state index contributed by atoms with van der Waals surface area (Å²) < 4.78 is 5.04. The number of aromatic hydroxyl groups is 1. The number of methoxy groups -OCH3 is 1. The molecule has 0 atom stereocenters. The molecule has 0 spiro atoms. The third kappa shape index (κ3) is 3.90. The number of nitrogens with zero attached hydrogens (tertiary/aromatic N) is 1. The number of hydrogen-bond donors (Lipinski definition) is 1. The molecule has 1 aromatic rings. The summed E-state index contributed by atoms with van der Waals surface area (Å²) >= 11 is 0. The lowest BCUT2D eigenvalue weighted by atomic mass is 10.2. The van der Waals surface area contributed by atoms with E-state index in [-0.39, 0.29) is 0 Å². The van der Waals surface area contributed by atoms with Gasteiger partial charge in [-0.2, -0.15) is 0 Å². The van der Waals surface area contributed by atoms with Crippen LogP contribution in [-0.2, 0) is 11.3 Å². The zero-order chi connectivity index (χ0) is 11.1. The number of likely N-dealkylation sites (N-methyl/N-ethyl adjacent to an activating group) is 1. The Hall–Kier alpha value is -1.06. The third-order valence-electron chi connectivity index (χ3n) is 2.44. The van der Waals surface area contributed by atoms with E-state index in [4.69, 9.17) is 4.74 Å². The average Bonchev–Trinajstić information content (AvgIpc) is 2.26. The largest absolute Gasteiger partial charge is 0.508 e. The molecule has 0 aliphatic carbocycles. The van der Waals surface area contributed by atoms with Crippen molar-refractivity contribution in [3.63, 3.8) is 0 Å². The number of phenols is 1. The summed E-state index contributed by atoms with van der Waals surface area (Å²) in [6, 6.07) is 7.45. The summed E-state index contributed by atoms with van der Waals surface area (Å²) in [7, 11) is 1.70. The molecule has 0 saturated carbocycles. The van der Waals surface area contributed by atoms with E-state index in [2.05, 4.69) is 11.8 Å². The summed E-state index contributed by atoms with van der Waals surface area (Å²) in [5.41, 5.74) is 0.968. The van der Waals surface area contributed by atoms with Gasteiger partial charge in [0, 0.05) is 25.8 Å². The quantitative estimate of drug-likeness (QED) is 0.776. The van der Waals surface area contributed by atoms with Crippen molar-refractivity contribution in [2.24, 2.45) is 0 Å². The number of ether oxygens (including phenoxy) is 1. The number of benzene rings is 1. The molecule has 3 heteroatoms. The van der Waals surface area contributed by atoms with Crippen molar-refractivity contribution in [2.45, 2.75) is 13.5 Å². The molecule has 15 heavy (non-hydrogen) atoms. The Morgan fingerprint density at radius 1 is 1.33 bits per heavy atom. The molecular formula is C12H19NO2. The first kappa shape index (κ1) is 12.0. The van der Waals surface area contributed by atoms with Crippen molar-refractivity contribution in [2.75, 3.05) is 26.8 Å². The number of rotatable bonds is 6. The fourth-order valence-corrected chi connectivity index (χ4v) is 1.45. The molecule has 0 unspecified atom stereocenters. The minimum atomic E-state index is 0.369. The normalized spacial score (nSPS) is 10.9. The summed E-state index contributed by atoms with van der Waals surface area (Å²) in [4.78, 5) is 2.23. The van der Waals surface area contributed by atoms with Crippen molar-refractivity contribution < 1.29 is 9.84 Å². The number of para-hydroxylation sites is 1. The van der Waals surface area contributed by atoms with Crippen LogP contribution in [0.1, 0.15) is 12.5 Å². The lowest BCUT2D eigenvalue weighted by Crippen LogP contribution is -2.26.